The summed E-state index contributed by atoms with van der Waals surface area (Å²) in [7, 11) is 1.52. The van der Waals surface area contributed by atoms with Crippen LogP contribution in [0.25, 0.3) is 5.69 Å². The van der Waals surface area contributed by atoms with E-state index in [1.807, 2.05) is 42.7 Å². The summed E-state index contributed by atoms with van der Waals surface area (Å²) in [6.07, 6.45) is 0. The number of benzene rings is 3. The third kappa shape index (κ3) is 6.54. The Labute approximate surface area is 228 Å². The Hall–Kier alpha value is -3.27. The molecule has 3 aromatic carbocycles. The summed E-state index contributed by atoms with van der Waals surface area (Å²) in [5, 5.41) is 21.1. The maximum absolute atomic E-state index is 11.6. The Morgan fingerprint density at radius 1 is 1.03 bits per heavy atom. The van der Waals surface area contributed by atoms with Crippen LogP contribution in [0.4, 0.5) is 0 Å². The van der Waals surface area contributed by atoms with Crippen LogP contribution in [0.15, 0.2) is 65.8 Å². The van der Waals surface area contributed by atoms with Gasteiger partial charge in [-0.05, 0) is 55.8 Å². The highest BCUT2D eigenvalue weighted by atomic mass is 35.5. The summed E-state index contributed by atoms with van der Waals surface area (Å²) in [6.45, 7) is 3.75. The molecule has 11 heteroatoms. The Bertz CT molecular complexity index is 1410. The van der Waals surface area contributed by atoms with Gasteiger partial charge in [0.15, 0.2) is 16.7 Å². The molecule has 0 fully saturated rings. The molecule has 1 aromatic heterocycles. The summed E-state index contributed by atoms with van der Waals surface area (Å²) in [6, 6.07) is 18.4. The number of ether oxygens (including phenoxy) is 2. The molecule has 192 valence electrons. The first-order chi connectivity index (χ1) is 17.7. The van der Waals surface area contributed by atoms with Crippen molar-refractivity contribution < 1.29 is 14.4 Å². The van der Waals surface area contributed by atoms with Gasteiger partial charge in [-0.1, -0.05) is 64.8 Å². The smallest absolute Gasteiger partial charge is 0.220 e. The van der Waals surface area contributed by atoms with Gasteiger partial charge in [-0.2, -0.15) is 0 Å². The third-order valence-electron chi connectivity index (χ3n) is 5.61. The quantitative estimate of drug-likeness (QED) is 0.119. The number of nitrogens with zero attached hydrogens (tertiary/aromatic N) is 4. The Balaban J connectivity index is 1.60. The molecule has 4 aromatic rings. The number of aryl methyl sites for hydroxylation is 2. The largest absolute Gasteiger partial charge is 0.493 e. The zero-order valence-electron chi connectivity index (χ0n) is 20.4. The standard InChI is InChI=1S/C26H24Cl2N4O4S/c1-16-4-9-21(10-5-16)32-17(2)29-30-26(32)37-25(14-31(33)34)18-7-11-23(24(12-18)35-3)36-15-19-6-8-20(27)13-22(19)28/h4-13,25H,14-15H2,1-3H3/t25-/m1/s1. The van der Waals surface area contributed by atoms with Crippen LogP contribution < -0.4 is 9.47 Å². The average molecular weight is 559 g/mol. The minimum atomic E-state index is -0.545. The number of halogens is 2. The zero-order valence-corrected chi connectivity index (χ0v) is 22.7. The van der Waals surface area contributed by atoms with Gasteiger partial charge in [0.2, 0.25) is 6.54 Å². The van der Waals surface area contributed by atoms with E-state index < -0.39 is 5.25 Å². The molecule has 0 saturated heterocycles. The van der Waals surface area contributed by atoms with Gasteiger partial charge in [0.05, 0.1) is 7.11 Å². The molecule has 0 unspecified atom stereocenters. The highest BCUT2D eigenvalue weighted by molar-refractivity contribution is 7.99. The molecule has 0 aliphatic heterocycles. The van der Waals surface area contributed by atoms with E-state index in [4.69, 9.17) is 32.7 Å². The second-order valence-corrected chi connectivity index (χ2v) is 10.3. The first-order valence-electron chi connectivity index (χ1n) is 11.3. The Morgan fingerprint density at radius 2 is 1.78 bits per heavy atom. The van der Waals surface area contributed by atoms with E-state index in [0.717, 1.165) is 16.8 Å². The highest BCUT2D eigenvalue weighted by Gasteiger charge is 2.25. The van der Waals surface area contributed by atoms with Crippen molar-refractivity contribution in [3.8, 4) is 17.2 Å². The second-order valence-electron chi connectivity index (χ2n) is 8.26. The van der Waals surface area contributed by atoms with Crippen LogP contribution in [0.2, 0.25) is 10.0 Å². The van der Waals surface area contributed by atoms with Crippen LogP contribution in [0.5, 0.6) is 11.5 Å². The molecule has 0 N–H and O–H groups in total. The lowest BCUT2D eigenvalue weighted by Gasteiger charge is -2.17. The maximum atomic E-state index is 11.6. The normalized spacial score (nSPS) is 11.8. The number of thioether (sulfide) groups is 1. The lowest BCUT2D eigenvalue weighted by molar-refractivity contribution is -0.479. The highest BCUT2D eigenvalue weighted by Crippen LogP contribution is 2.39. The monoisotopic (exact) mass is 558 g/mol. The van der Waals surface area contributed by atoms with Crippen LogP contribution in [0, 0.1) is 24.0 Å². The number of hydrogen-bond acceptors (Lipinski definition) is 7. The van der Waals surface area contributed by atoms with E-state index in [1.165, 1.54) is 18.9 Å². The van der Waals surface area contributed by atoms with E-state index >= 15 is 0 Å². The van der Waals surface area contributed by atoms with Gasteiger partial charge in [0.25, 0.3) is 0 Å². The Kier molecular flexibility index (Phi) is 8.58. The fourth-order valence-corrected chi connectivity index (χ4v) is 5.31. The van der Waals surface area contributed by atoms with Crippen LogP contribution in [0.1, 0.15) is 27.8 Å². The minimum absolute atomic E-state index is 0.206. The molecule has 0 spiro atoms. The molecular formula is C26H24Cl2N4O4S. The summed E-state index contributed by atoms with van der Waals surface area (Å²) < 4.78 is 13.4. The maximum Gasteiger partial charge on any atom is 0.220 e. The number of rotatable bonds is 10. The van der Waals surface area contributed by atoms with Gasteiger partial charge in [0.1, 0.15) is 17.7 Å². The molecule has 4 rings (SSSR count). The summed E-state index contributed by atoms with van der Waals surface area (Å²) in [5.41, 5.74) is 3.48. The lowest BCUT2D eigenvalue weighted by Crippen LogP contribution is -2.11. The molecule has 1 heterocycles. The summed E-state index contributed by atoms with van der Waals surface area (Å²) in [5.74, 6) is 1.63. The van der Waals surface area contributed by atoms with Gasteiger partial charge in [-0.3, -0.25) is 14.7 Å². The molecule has 0 radical (unpaired) electrons. The van der Waals surface area contributed by atoms with Gasteiger partial charge in [0, 0.05) is 26.2 Å². The first-order valence-corrected chi connectivity index (χ1v) is 12.9. The lowest BCUT2D eigenvalue weighted by atomic mass is 10.1. The van der Waals surface area contributed by atoms with E-state index in [2.05, 4.69) is 10.2 Å². The van der Waals surface area contributed by atoms with Crippen LogP contribution in [-0.2, 0) is 6.61 Å². The SMILES string of the molecule is COc1cc([C@@H](C[N+](=O)[O-])Sc2nnc(C)n2-c2ccc(C)cc2)ccc1OCc1ccc(Cl)cc1Cl. The van der Waals surface area contributed by atoms with Crippen molar-refractivity contribution in [2.45, 2.75) is 30.9 Å². The molecule has 0 amide bonds. The van der Waals surface area contributed by atoms with Crippen molar-refractivity contribution in [2.75, 3.05) is 13.7 Å². The predicted octanol–water partition coefficient (Wildman–Crippen LogP) is 6.89. The molecule has 0 bridgehead atoms. The first kappa shape index (κ1) is 26.8. The number of hydrogen-bond donors (Lipinski definition) is 0. The predicted molar refractivity (Wildman–Crippen MR) is 145 cm³/mol. The second kappa shape index (κ2) is 11.9. The number of nitro groups is 1. The van der Waals surface area contributed by atoms with Crippen molar-refractivity contribution >= 4 is 35.0 Å². The van der Waals surface area contributed by atoms with Gasteiger partial charge < -0.3 is 9.47 Å². The number of methoxy groups -OCH3 is 1. The van der Waals surface area contributed by atoms with Crippen molar-refractivity contribution in [1.29, 1.82) is 0 Å². The van der Waals surface area contributed by atoms with Crippen molar-refractivity contribution in [1.82, 2.24) is 14.8 Å². The fraction of sp³-hybridized carbons (Fsp3) is 0.231. The van der Waals surface area contributed by atoms with Crippen molar-refractivity contribution in [3.05, 3.63) is 103 Å². The van der Waals surface area contributed by atoms with Crippen LogP contribution in [0.3, 0.4) is 0 Å². The molecule has 37 heavy (non-hydrogen) atoms. The van der Waals surface area contributed by atoms with Crippen LogP contribution in [-0.4, -0.2) is 33.3 Å². The molecule has 0 saturated carbocycles. The zero-order chi connectivity index (χ0) is 26.5. The van der Waals surface area contributed by atoms with Crippen molar-refractivity contribution in [2.24, 2.45) is 0 Å². The topological polar surface area (TPSA) is 92.3 Å². The number of aromatic nitrogens is 3. The van der Waals surface area contributed by atoms with Gasteiger partial charge in [-0.25, -0.2) is 0 Å². The summed E-state index contributed by atoms with van der Waals surface area (Å²) in [4.78, 5) is 11.2. The summed E-state index contributed by atoms with van der Waals surface area (Å²) >= 11 is 13.5. The van der Waals surface area contributed by atoms with Crippen LogP contribution >= 0.6 is 35.0 Å². The molecule has 0 aliphatic carbocycles. The Morgan fingerprint density at radius 3 is 2.46 bits per heavy atom. The molecular weight excluding hydrogens is 535 g/mol. The van der Waals surface area contributed by atoms with E-state index in [9.17, 15) is 10.1 Å². The van der Waals surface area contributed by atoms with E-state index in [0.29, 0.717) is 38.1 Å². The fourth-order valence-electron chi connectivity index (χ4n) is 3.68. The average Bonchev–Trinajstić information content (AvgIpc) is 3.23. The molecule has 1 atom stereocenters. The van der Waals surface area contributed by atoms with Gasteiger partial charge >= 0.3 is 0 Å². The third-order valence-corrected chi connectivity index (χ3v) is 7.38. The van der Waals surface area contributed by atoms with Crippen molar-refractivity contribution in [3.63, 3.8) is 0 Å². The minimum Gasteiger partial charge on any atom is -0.493 e. The van der Waals surface area contributed by atoms with E-state index in [-0.39, 0.29) is 18.1 Å². The molecule has 0 aliphatic rings. The van der Waals surface area contributed by atoms with E-state index in [1.54, 1.807) is 36.4 Å². The van der Waals surface area contributed by atoms with Gasteiger partial charge in [-0.15, -0.1) is 10.2 Å². The molecule has 8 nitrogen and oxygen atoms in total.